The van der Waals surface area contributed by atoms with Crippen LogP contribution in [-0.2, 0) is 28.9 Å². The van der Waals surface area contributed by atoms with E-state index in [2.05, 4.69) is 10.1 Å². The molecule has 1 aromatic heterocycles. The van der Waals surface area contributed by atoms with Crippen molar-refractivity contribution in [3.63, 3.8) is 0 Å². The van der Waals surface area contributed by atoms with Gasteiger partial charge in [-0.05, 0) is 42.5 Å². The van der Waals surface area contributed by atoms with Crippen molar-refractivity contribution in [1.29, 1.82) is 0 Å². The van der Waals surface area contributed by atoms with Gasteiger partial charge in [0.15, 0.2) is 0 Å². The van der Waals surface area contributed by atoms with Gasteiger partial charge in [0.25, 0.3) is 5.56 Å². The number of aromatic nitrogens is 2. The lowest BCUT2D eigenvalue weighted by Gasteiger charge is -2.18. The Bertz CT molecular complexity index is 1480. The van der Waals surface area contributed by atoms with Gasteiger partial charge in [0.1, 0.15) is 5.75 Å². The minimum Gasteiger partial charge on any atom is -0.406 e. The van der Waals surface area contributed by atoms with Crippen LogP contribution in [-0.4, -0.2) is 47.7 Å². The molecule has 1 amide bonds. The molecule has 1 N–H and O–H groups in total. The van der Waals surface area contributed by atoms with E-state index >= 15 is 0 Å². The first-order valence-electron chi connectivity index (χ1n) is 9.52. The number of halogens is 3. The number of aryl methyl sites for hydroxylation is 1. The van der Waals surface area contributed by atoms with Crippen LogP contribution in [0.25, 0.3) is 10.9 Å². The van der Waals surface area contributed by atoms with E-state index in [0.717, 1.165) is 46.3 Å². The molecule has 0 aliphatic carbocycles. The molecular weight excluding hydrogens is 481 g/mol. The number of alkyl halides is 3. The van der Waals surface area contributed by atoms with E-state index in [1.54, 1.807) is 0 Å². The number of nitrogens with one attached hydrogen (secondary N) is 1. The number of hydrogen-bond donors (Lipinski definition) is 1. The average molecular weight is 500 g/mol. The first kappa shape index (κ1) is 25.0. The molecule has 0 spiro atoms. The Morgan fingerprint density at radius 3 is 2.26 bits per heavy atom. The van der Waals surface area contributed by atoms with Crippen LogP contribution < -0.4 is 21.3 Å². The highest BCUT2D eigenvalue weighted by atomic mass is 32.2. The number of fused-ring (bicyclic) bond motifs is 1. The molecule has 0 radical (unpaired) electrons. The zero-order valence-corrected chi connectivity index (χ0v) is 18.9. The topological polar surface area (TPSA) is 120 Å². The van der Waals surface area contributed by atoms with Crippen LogP contribution in [0.5, 0.6) is 5.75 Å². The number of carbonyl (C=O) groups is 1. The fourth-order valence-corrected chi connectivity index (χ4v) is 4.30. The molecule has 34 heavy (non-hydrogen) atoms. The second-order valence-electron chi connectivity index (χ2n) is 7.27. The minimum absolute atomic E-state index is 0.00434. The number of amides is 1. The van der Waals surface area contributed by atoms with Crippen LogP contribution in [0.3, 0.4) is 0 Å². The summed E-state index contributed by atoms with van der Waals surface area (Å²) in [5.41, 5.74) is -0.876. The van der Waals surface area contributed by atoms with Gasteiger partial charge in [0, 0.05) is 26.8 Å². The molecule has 14 heteroatoms. The monoisotopic (exact) mass is 500 g/mol. The van der Waals surface area contributed by atoms with Crippen molar-refractivity contribution in [3.05, 3.63) is 63.3 Å². The summed E-state index contributed by atoms with van der Waals surface area (Å²) in [5.74, 6) is -1.24. The molecule has 3 rings (SSSR count). The Morgan fingerprint density at radius 2 is 1.68 bits per heavy atom. The Morgan fingerprint density at radius 1 is 1.06 bits per heavy atom. The molecular formula is C20H19F3N4O6S. The third-order valence-corrected chi connectivity index (χ3v) is 6.68. The summed E-state index contributed by atoms with van der Waals surface area (Å²) in [6.45, 7) is -0.619. The van der Waals surface area contributed by atoms with Gasteiger partial charge >= 0.3 is 12.1 Å². The predicted molar refractivity (Wildman–Crippen MR) is 116 cm³/mol. The van der Waals surface area contributed by atoms with Crippen LogP contribution in [0.1, 0.15) is 0 Å². The second kappa shape index (κ2) is 8.95. The lowest BCUT2D eigenvalue weighted by molar-refractivity contribution is -0.274. The minimum atomic E-state index is -4.86. The van der Waals surface area contributed by atoms with Gasteiger partial charge in [0.05, 0.1) is 22.3 Å². The first-order chi connectivity index (χ1) is 15.7. The van der Waals surface area contributed by atoms with Gasteiger partial charge in [-0.15, -0.1) is 13.2 Å². The Kier molecular flexibility index (Phi) is 6.57. The zero-order chi connectivity index (χ0) is 25.4. The number of anilines is 1. The molecule has 3 aromatic rings. The van der Waals surface area contributed by atoms with Crippen LogP contribution in [0.15, 0.2) is 56.9 Å². The molecule has 0 bridgehead atoms. The van der Waals surface area contributed by atoms with Gasteiger partial charge in [0.2, 0.25) is 15.9 Å². The van der Waals surface area contributed by atoms with Crippen molar-refractivity contribution in [3.8, 4) is 5.75 Å². The van der Waals surface area contributed by atoms with Gasteiger partial charge in [-0.1, -0.05) is 0 Å². The summed E-state index contributed by atoms with van der Waals surface area (Å²) < 4.78 is 69.1. The summed E-state index contributed by atoms with van der Waals surface area (Å²) in [7, 11) is -0.346. The number of hydrogen-bond acceptors (Lipinski definition) is 6. The van der Waals surface area contributed by atoms with E-state index in [9.17, 15) is 36.0 Å². The normalized spacial score (nSPS) is 12.2. The van der Waals surface area contributed by atoms with Crippen molar-refractivity contribution >= 4 is 32.5 Å². The SMILES string of the molecule is CN(CC(=O)Nc1ccc(OC(F)(F)F)cc1)S(=O)(=O)c1ccc2c(c1)c(=O)n(C)c(=O)n2C. The van der Waals surface area contributed by atoms with Crippen LogP contribution in [0, 0.1) is 0 Å². The zero-order valence-electron chi connectivity index (χ0n) is 18.1. The van der Waals surface area contributed by atoms with Crippen LogP contribution in [0.4, 0.5) is 18.9 Å². The summed E-state index contributed by atoms with van der Waals surface area (Å²) in [5, 5.41) is 2.38. The maximum absolute atomic E-state index is 12.9. The highest BCUT2D eigenvalue weighted by Crippen LogP contribution is 2.24. The Labute approximate surface area is 190 Å². The maximum atomic E-state index is 12.9. The molecule has 0 saturated carbocycles. The molecule has 1 heterocycles. The number of sulfonamides is 1. The van der Waals surface area contributed by atoms with Crippen molar-refractivity contribution < 1.29 is 31.1 Å². The molecule has 0 saturated heterocycles. The van der Waals surface area contributed by atoms with Crippen LogP contribution in [0.2, 0.25) is 0 Å². The van der Waals surface area contributed by atoms with E-state index in [1.807, 2.05) is 0 Å². The Balaban J connectivity index is 1.78. The summed E-state index contributed by atoms with van der Waals surface area (Å²) in [6.07, 6.45) is -4.86. The predicted octanol–water partition coefficient (Wildman–Crippen LogP) is 1.39. The number of likely N-dealkylation sites (N-methyl/N-ethyl adjacent to an activating group) is 1. The second-order valence-corrected chi connectivity index (χ2v) is 9.31. The molecule has 0 unspecified atom stereocenters. The number of carbonyl (C=O) groups excluding carboxylic acids is 1. The summed E-state index contributed by atoms with van der Waals surface area (Å²) in [6, 6.07) is 7.97. The average Bonchev–Trinajstić information content (AvgIpc) is 2.76. The number of benzene rings is 2. The number of nitrogens with zero attached hydrogens (tertiary/aromatic N) is 3. The summed E-state index contributed by atoms with van der Waals surface area (Å²) in [4.78, 5) is 36.5. The fraction of sp³-hybridized carbons (Fsp3) is 0.250. The smallest absolute Gasteiger partial charge is 0.406 e. The summed E-state index contributed by atoms with van der Waals surface area (Å²) >= 11 is 0. The molecule has 0 aliphatic heterocycles. The highest BCUT2D eigenvalue weighted by Gasteiger charge is 2.31. The maximum Gasteiger partial charge on any atom is 0.573 e. The largest absolute Gasteiger partial charge is 0.573 e. The number of rotatable bonds is 6. The van der Waals surface area contributed by atoms with Gasteiger partial charge in [-0.2, -0.15) is 4.31 Å². The Hall–Kier alpha value is -3.65. The van der Waals surface area contributed by atoms with Crippen LogP contribution >= 0.6 is 0 Å². The van der Waals surface area contributed by atoms with Crippen molar-refractivity contribution in [2.45, 2.75) is 11.3 Å². The van der Waals surface area contributed by atoms with E-state index in [0.29, 0.717) is 0 Å². The molecule has 2 aromatic carbocycles. The van der Waals surface area contributed by atoms with Crippen molar-refractivity contribution in [2.75, 3.05) is 18.9 Å². The van der Waals surface area contributed by atoms with Gasteiger partial charge in [-0.25, -0.2) is 13.2 Å². The quantitative estimate of drug-likeness (QED) is 0.547. The molecule has 10 nitrogen and oxygen atoms in total. The fourth-order valence-electron chi connectivity index (χ4n) is 3.14. The van der Waals surface area contributed by atoms with Crippen molar-refractivity contribution in [1.82, 2.24) is 13.4 Å². The van der Waals surface area contributed by atoms with E-state index in [-0.39, 0.29) is 21.5 Å². The third-order valence-electron chi connectivity index (χ3n) is 4.88. The van der Waals surface area contributed by atoms with E-state index in [1.165, 1.54) is 30.8 Å². The molecule has 182 valence electrons. The number of ether oxygens (including phenoxy) is 1. The standard InChI is InChI=1S/C20H19F3N4O6S/c1-25(11-17(28)24-12-4-6-13(7-5-12)33-20(21,22)23)34(31,32)14-8-9-16-15(10-14)18(29)27(3)19(30)26(16)2/h4-10H,11H2,1-3H3,(H,24,28). The van der Waals surface area contributed by atoms with Gasteiger partial charge in [-0.3, -0.25) is 18.7 Å². The van der Waals surface area contributed by atoms with Crippen molar-refractivity contribution in [2.24, 2.45) is 14.1 Å². The van der Waals surface area contributed by atoms with E-state index < -0.39 is 45.8 Å². The molecule has 0 aliphatic rings. The molecule has 0 fully saturated rings. The highest BCUT2D eigenvalue weighted by molar-refractivity contribution is 7.89. The molecule has 0 atom stereocenters. The first-order valence-corrected chi connectivity index (χ1v) is 11.0. The lowest BCUT2D eigenvalue weighted by atomic mass is 10.2. The third kappa shape index (κ3) is 5.12. The van der Waals surface area contributed by atoms with E-state index in [4.69, 9.17) is 0 Å². The lowest BCUT2D eigenvalue weighted by Crippen LogP contribution is -2.37. The van der Waals surface area contributed by atoms with Gasteiger partial charge < -0.3 is 10.1 Å².